The Labute approximate surface area is 146 Å². The molecule has 7 atom stereocenters. The van der Waals surface area contributed by atoms with Crippen molar-refractivity contribution in [3.63, 3.8) is 0 Å². The predicted molar refractivity (Wildman–Crippen MR) is 92.4 cm³/mol. The maximum atomic E-state index is 10.2. The summed E-state index contributed by atoms with van der Waals surface area (Å²) in [6.45, 7) is 6.61. The van der Waals surface area contributed by atoms with Gasteiger partial charge in [0, 0.05) is 11.8 Å². The van der Waals surface area contributed by atoms with E-state index in [0.29, 0.717) is 5.41 Å². The molecule has 0 bridgehead atoms. The lowest BCUT2D eigenvalue weighted by molar-refractivity contribution is -0.247. The molecule has 5 fully saturated rings. The average Bonchev–Trinajstić information content (AvgIpc) is 3.15. The fourth-order valence-electron chi connectivity index (χ4n) is 8.12. The molecule has 4 aliphatic carbocycles. The molecule has 0 radical (unpaired) electrons. The summed E-state index contributed by atoms with van der Waals surface area (Å²) in [7, 11) is 0. The molecule has 0 aromatic rings. The molecule has 1 saturated heterocycles. The second-order valence-electron chi connectivity index (χ2n) is 10.0. The molecular weight excluding hydrogens is 300 g/mol. The number of fused-ring (bicyclic) bond motifs is 6. The predicted octanol–water partition coefficient (Wildman–Crippen LogP) is 4.13. The van der Waals surface area contributed by atoms with Gasteiger partial charge in [-0.15, -0.1) is 0 Å². The highest BCUT2D eigenvalue weighted by Gasteiger charge is 2.67. The fourth-order valence-corrected chi connectivity index (χ4v) is 8.12. The average molecular weight is 335 g/mol. The molecule has 5 aliphatic rings. The maximum absolute atomic E-state index is 10.2. The van der Waals surface area contributed by atoms with Crippen molar-refractivity contribution in [1.82, 2.24) is 0 Å². The highest BCUT2D eigenvalue weighted by molar-refractivity contribution is 5.12. The van der Waals surface area contributed by atoms with Crippen LogP contribution in [0.2, 0.25) is 0 Å². The van der Waals surface area contributed by atoms with Gasteiger partial charge in [-0.1, -0.05) is 13.8 Å². The SMILES string of the molecule is C[C@]12CC[C@@H](O)C[C@@H]1CC[C@@H]1[C@@H]2CC[C@@]2(C)[C@H]1CCC21OCCO1. The van der Waals surface area contributed by atoms with Gasteiger partial charge in [0.2, 0.25) is 0 Å². The summed E-state index contributed by atoms with van der Waals surface area (Å²) < 4.78 is 12.5. The summed E-state index contributed by atoms with van der Waals surface area (Å²) in [4.78, 5) is 0. The summed E-state index contributed by atoms with van der Waals surface area (Å²) in [5.74, 6) is 2.98. The zero-order chi connectivity index (χ0) is 16.6. The van der Waals surface area contributed by atoms with Crippen molar-refractivity contribution >= 4 is 0 Å². The minimum Gasteiger partial charge on any atom is -0.393 e. The smallest absolute Gasteiger partial charge is 0.174 e. The van der Waals surface area contributed by atoms with E-state index in [0.717, 1.165) is 56.1 Å². The molecule has 1 spiro atoms. The minimum atomic E-state index is -0.261. The van der Waals surface area contributed by atoms with Gasteiger partial charge in [-0.2, -0.15) is 0 Å². The third-order valence-electron chi connectivity index (χ3n) is 9.44. The molecule has 5 rings (SSSR count). The molecule has 0 aromatic carbocycles. The molecule has 0 aromatic heterocycles. The van der Waals surface area contributed by atoms with E-state index in [9.17, 15) is 5.11 Å². The van der Waals surface area contributed by atoms with Crippen molar-refractivity contribution in [2.75, 3.05) is 13.2 Å². The third-order valence-corrected chi connectivity index (χ3v) is 9.44. The van der Waals surface area contributed by atoms with Crippen LogP contribution in [0.1, 0.15) is 71.6 Å². The molecule has 3 heteroatoms. The first-order valence-corrected chi connectivity index (χ1v) is 10.4. The Balaban J connectivity index is 1.45. The van der Waals surface area contributed by atoms with Gasteiger partial charge in [0.25, 0.3) is 0 Å². The van der Waals surface area contributed by atoms with Crippen LogP contribution in [0.15, 0.2) is 0 Å². The second kappa shape index (κ2) is 5.20. The van der Waals surface area contributed by atoms with Crippen molar-refractivity contribution in [2.45, 2.75) is 83.5 Å². The van der Waals surface area contributed by atoms with E-state index in [-0.39, 0.29) is 17.3 Å². The number of aliphatic hydroxyl groups excluding tert-OH is 1. The van der Waals surface area contributed by atoms with Crippen molar-refractivity contribution in [1.29, 1.82) is 0 Å². The Kier molecular flexibility index (Phi) is 3.49. The van der Waals surface area contributed by atoms with E-state index in [2.05, 4.69) is 13.8 Å². The Morgan fingerprint density at radius 1 is 0.833 bits per heavy atom. The van der Waals surface area contributed by atoms with E-state index >= 15 is 0 Å². The van der Waals surface area contributed by atoms with E-state index in [1.54, 1.807) is 0 Å². The summed E-state index contributed by atoms with van der Waals surface area (Å²) in [6, 6.07) is 0. The third kappa shape index (κ3) is 1.90. The molecule has 136 valence electrons. The highest BCUT2D eigenvalue weighted by atomic mass is 16.7. The van der Waals surface area contributed by atoms with Crippen molar-refractivity contribution in [2.24, 2.45) is 34.5 Å². The van der Waals surface area contributed by atoms with Gasteiger partial charge in [-0.25, -0.2) is 0 Å². The Bertz CT molecular complexity index is 513. The molecule has 4 saturated carbocycles. The van der Waals surface area contributed by atoms with Crippen LogP contribution in [0.25, 0.3) is 0 Å². The molecule has 0 amide bonds. The van der Waals surface area contributed by atoms with Crippen LogP contribution in [0, 0.1) is 34.5 Å². The molecule has 0 unspecified atom stereocenters. The fraction of sp³-hybridized carbons (Fsp3) is 1.00. The van der Waals surface area contributed by atoms with E-state index in [1.165, 1.54) is 38.5 Å². The molecule has 1 heterocycles. The minimum absolute atomic E-state index is 0.0384. The maximum Gasteiger partial charge on any atom is 0.174 e. The highest BCUT2D eigenvalue weighted by Crippen LogP contribution is 2.69. The molecule has 1 N–H and O–H groups in total. The van der Waals surface area contributed by atoms with Gasteiger partial charge < -0.3 is 14.6 Å². The molecule has 3 nitrogen and oxygen atoms in total. The molecule has 1 aliphatic heterocycles. The molecular formula is C21H34O3. The Morgan fingerprint density at radius 3 is 2.38 bits per heavy atom. The number of hydrogen-bond acceptors (Lipinski definition) is 3. The van der Waals surface area contributed by atoms with Crippen LogP contribution in [-0.2, 0) is 9.47 Å². The van der Waals surface area contributed by atoms with Crippen LogP contribution >= 0.6 is 0 Å². The quantitative estimate of drug-likeness (QED) is 0.724. The van der Waals surface area contributed by atoms with Crippen LogP contribution in [-0.4, -0.2) is 30.2 Å². The second-order valence-corrected chi connectivity index (χ2v) is 10.0. The van der Waals surface area contributed by atoms with E-state index in [1.807, 2.05) is 0 Å². The van der Waals surface area contributed by atoms with E-state index < -0.39 is 0 Å². The number of hydrogen-bond donors (Lipinski definition) is 1. The normalized spacial score (nSPS) is 55.9. The van der Waals surface area contributed by atoms with Crippen LogP contribution in [0.3, 0.4) is 0 Å². The Hall–Kier alpha value is -0.120. The van der Waals surface area contributed by atoms with E-state index in [4.69, 9.17) is 9.47 Å². The largest absolute Gasteiger partial charge is 0.393 e. The monoisotopic (exact) mass is 334 g/mol. The van der Waals surface area contributed by atoms with Crippen molar-refractivity contribution in [3.8, 4) is 0 Å². The summed E-state index contributed by atoms with van der Waals surface area (Å²) >= 11 is 0. The first-order valence-electron chi connectivity index (χ1n) is 10.4. The summed E-state index contributed by atoms with van der Waals surface area (Å²) in [5.41, 5.74) is 0.693. The van der Waals surface area contributed by atoms with Gasteiger partial charge in [0.15, 0.2) is 5.79 Å². The number of rotatable bonds is 0. The van der Waals surface area contributed by atoms with Crippen LogP contribution in [0.4, 0.5) is 0 Å². The topological polar surface area (TPSA) is 38.7 Å². The zero-order valence-electron chi connectivity index (χ0n) is 15.4. The lowest BCUT2D eigenvalue weighted by Gasteiger charge is -2.61. The first-order chi connectivity index (χ1) is 11.5. The van der Waals surface area contributed by atoms with Crippen LogP contribution < -0.4 is 0 Å². The van der Waals surface area contributed by atoms with Crippen molar-refractivity contribution < 1.29 is 14.6 Å². The van der Waals surface area contributed by atoms with Crippen molar-refractivity contribution in [3.05, 3.63) is 0 Å². The summed E-state index contributed by atoms with van der Waals surface area (Å²) in [6.07, 6.45) is 11.0. The van der Waals surface area contributed by atoms with Crippen LogP contribution in [0.5, 0.6) is 0 Å². The standard InChI is InChI=1S/C21H34O3/c1-19-8-5-15(22)13-14(19)3-4-16-17(19)6-9-20(2)18(16)7-10-21(20)23-11-12-24-21/h14-18,22H,3-13H2,1-2H3/t14-,15+,16+,17-,18-,19-,20-/m0/s1. The zero-order valence-corrected chi connectivity index (χ0v) is 15.4. The lowest BCUT2D eigenvalue weighted by Crippen LogP contribution is -2.57. The van der Waals surface area contributed by atoms with Gasteiger partial charge in [0.05, 0.1) is 19.3 Å². The van der Waals surface area contributed by atoms with Gasteiger partial charge in [-0.05, 0) is 80.5 Å². The first kappa shape index (κ1) is 16.1. The molecule has 24 heavy (non-hydrogen) atoms. The van der Waals surface area contributed by atoms with Gasteiger partial charge >= 0.3 is 0 Å². The van der Waals surface area contributed by atoms with Gasteiger partial charge in [-0.3, -0.25) is 0 Å². The van der Waals surface area contributed by atoms with Gasteiger partial charge in [0.1, 0.15) is 0 Å². The lowest BCUT2D eigenvalue weighted by atomic mass is 9.45. The number of aliphatic hydroxyl groups is 1. The Morgan fingerprint density at radius 2 is 1.58 bits per heavy atom. The summed E-state index contributed by atoms with van der Waals surface area (Å²) in [5, 5.41) is 10.2. The number of ether oxygens (including phenoxy) is 2.